The molecule has 0 aliphatic carbocycles. The predicted molar refractivity (Wildman–Crippen MR) is 83.0 cm³/mol. The molecule has 20 heavy (non-hydrogen) atoms. The minimum absolute atomic E-state index is 0.452. The van der Waals surface area contributed by atoms with Crippen LogP contribution in [0.2, 0.25) is 0 Å². The molecule has 1 atom stereocenters. The number of hydrogen-bond donors (Lipinski definition) is 0. The molecule has 0 spiro atoms. The van der Waals surface area contributed by atoms with E-state index in [0.717, 1.165) is 21.5 Å². The zero-order chi connectivity index (χ0) is 13.9. The van der Waals surface area contributed by atoms with E-state index < -0.39 is 10.8 Å². The van der Waals surface area contributed by atoms with E-state index in [2.05, 4.69) is 4.98 Å². The molecule has 1 heterocycles. The molecule has 1 aromatic heterocycles. The largest absolute Gasteiger partial charge is 0.254 e. The minimum Gasteiger partial charge on any atom is -0.254 e. The van der Waals surface area contributed by atoms with Gasteiger partial charge < -0.3 is 0 Å². The topological polar surface area (TPSA) is 30.0 Å². The maximum Gasteiger partial charge on any atom is 0.0705 e. The summed E-state index contributed by atoms with van der Waals surface area (Å²) in [5.74, 6) is 0.452. The lowest BCUT2D eigenvalue weighted by Crippen LogP contribution is -1.99. The van der Waals surface area contributed by atoms with Crippen LogP contribution >= 0.6 is 0 Å². The van der Waals surface area contributed by atoms with Gasteiger partial charge in [-0.1, -0.05) is 42.0 Å². The third-order valence-corrected chi connectivity index (χ3v) is 4.57. The highest BCUT2D eigenvalue weighted by Gasteiger charge is 2.06. The summed E-state index contributed by atoms with van der Waals surface area (Å²) in [6.07, 6.45) is 0. The number of aromatic nitrogens is 1. The highest BCUT2D eigenvalue weighted by molar-refractivity contribution is 7.84. The first-order valence-corrected chi connectivity index (χ1v) is 7.84. The van der Waals surface area contributed by atoms with Gasteiger partial charge in [-0.05, 0) is 31.2 Å². The van der Waals surface area contributed by atoms with Crippen LogP contribution in [-0.4, -0.2) is 9.19 Å². The number of benzene rings is 2. The summed E-state index contributed by atoms with van der Waals surface area (Å²) < 4.78 is 12.3. The first kappa shape index (κ1) is 13.0. The van der Waals surface area contributed by atoms with Gasteiger partial charge in [0.1, 0.15) is 0 Å². The van der Waals surface area contributed by atoms with Crippen molar-refractivity contribution in [1.29, 1.82) is 0 Å². The first-order valence-electron chi connectivity index (χ1n) is 6.52. The highest BCUT2D eigenvalue weighted by atomic mass is 32.2. The maximum absolute atomic E-state index is 12.3. The molecule has 0 saturated heterocycles. The molecule has 100 valence electrons. The summed E-state index contributed by atoms with van der Waals surface area (Å²) in [6, 6.07) is 19.8. The first-order chi connectivity index (χ1) is 9.72. The fraction of sp³-hybridized carbons (Fsp3) is 0.118. The van der Waals surface area contributed by atoms with E-state index in [4.69, 9.17) is 0 Å². The number of hydrogen-bond acceptors (Lipinski definition) is 2. The molecule has 3 heteroatoms. The van der Waals surface area contributed by atoms with Gasteiger partial charge in [0.05, 0.1) is 27.8 Å². The fourth-order valence-electron chi connectivity index (χ4n) is 2.10. The lowest BCUT2D eigenvalue weighted by Gasteiger charge is -2.04. The van der Waals surface area contributed by atoms with Crippen LogP contribution in [0.3, 0.4) is 0 Å². The van der Waals surface area contributed by atoms with Gasteiger partial charge in [0, 0.05) is 10.3 Å². The number of fused-ring (bicyclic) bond motifs is 1. The Hall–Kier alpha value is -2.00. The molecule has 0 aliphatic heterocycles. The smallest absolute Gasteiger partial charge is 0.0705 e. The van der Waals surface area contributed by atoms with Gasteiger partial charge in [0.15, 0.2) is 0 Å². The summed E-state index contributed by atoms with van der Waals surface area (Å²) in [4.78, 5) is 5.42. The minimum atomic E-state index is -1.05. The van der Waals surface area contributed by atoms with Crippen molar-refractivity contribution < 1.29 is 4.21 Å². The van der Waals surface area contributed by atoms with E-state index in [9.17, 15) is 4.21 Å². The van der Waals surface area contributed by atoms with Crippen molar-refractivity contribution in [1.82, 2.24) is 4.98 Å². The Bertz CT molecular complexity index is 765. The Morgan fingerprint density at radius 2 is 1.70 bits per heavy atom. The van der Waals surface area contributed by atoms with Crippen molar-refractivity contribution in [3.05, 3.63) is 71.9 Å². The molecule has 0 aliphatic rings. The van der Waals surface area contributed by atoms with E-state index in [1.54, 1.807) is 0 Å². The zero-order valence-corrected chi connectivity index (χ0v) is 12.1. The third-order valence-electron chi connectivity index (χ3n) is 3.22. The Labute approximate surface area is 120 Å². The molecule has 0 bridgehead atoms. The lowest BCUT2D eigenvalue weighted by molar-refractivity contribution is 0.682. The van der Waals surface area contributed by atoms with Crippen molar-refractivity contribution in [2.45, 2.75) is 17.6 Å². The van der Waals surface area contributed by atoms with Crippen molar-refractivity contribution in [3.8, 4) is 0 Å². The number of rotatable bonds is 3. The summed E-state index contributed by atoms with van der Waals surface area (Å²) in [5, 5.41) is 1.11. The van der Waals surface area contributed by atoms with Gasteiger partial charge in [-0.15, -0.1) is 0 Å². The molecule has 2 aromatic carbocycles. The molecule has 3 rings (SSSR count). The van der Waals surface area contributed by atoms with Gasteiger partial charge in [-0.25, -0.2) is 0 Å². The molecule has 0 unspecified atom stereocenters. The van der Waals surface area contributed by atoms with E-state index in [1.165, 1.54) is 5.56 Å². The Morgan fingerprint density at radius 1 is 0.950 bits per heavy atom. The van der Waals surface area contributed by atoms with Crippen molar-refractivity contribution >= 4 is 21.7 Å². The van der Waals surface area contributed by atoms with E-state index in [0.29, 0.717) is 5.75 Å². The summed E-state index contributed by atoms with van der Waals surface area (Å²) in [6.45, 7) is 2.03. The number of nitrogens with zero attached hydrogens (tertiary/aromatic N) is 1. The average Bonchev–Trinajstić information content (AvgIpc) is 2.48. The summed E-state index contributed by atoms with van der Waals surface area (Å²) >= 11 is 0. The molecule has 2 nitrogen and oxygen atoms in total. The number of pyridine rings is 1. The van der Waals surface area contributed by atoms with Gasteiger partial charge in [-0.3, -0.25) is 9.19 Å². The van der Waals surface area contributed by atoms with Crippen LogP contribution in [0.4, 0.5) is 0 Å². The van der Waals surface area contributed by atoms with Crippen LogP contribution in [-0.2, 0) is 16.6 Å². The fourth-order valence-corrected chi connectivity index (χ4v) is 3.13. The summed E-state index contributed by atoms with van der Waals surface area (Å²) in [5.41, 5.74) is 2.99. The van der Waals surface area contributed by atoms with Gasteiger partial charge in [-0.2, -0.15) is 0 Å². The maximum atomic E-state index is 12.3. The summed E-state index contributed by atoms with van der Waals surface area (Å²) in [7, 11) is -1.05. The van der Waals surface area contributed by atoms with Crippen LogP contribution in [0.5, 0.6) is 0 Å². The second-order valence-corrected chi connectivity index (χ2v) is 6.25. The molecule has 0 amide bonds. The second-order valence-electron chi connectivity index (χ2n) is 4.80. The van der Waals surface area contributed by atoms with Crippen LogP contribution < -0.4 is 0 Å². The van der Waals surface area contributed by atoms with Crippen LogP contribution in [0, 0.1) is 6.92 Å². The Morgan fingerprint density at radius 3 is 2.50 bits per heavy atom. The van der Waals surface area contributed by atoms with Crippen molar-refractivity contribution in [3.63, 3.8) is 0 Å². The third kappa shape index (κ3) is 2.78. The SMILES string of the molecule is Cc1ccc([S@@](=O)Cc2ccc3ccccc3n2)cc1. The highest BCUT2D eigenvalue weighted by Crippen LogP contribution is 2.16. The van der Waals surface area contributed by atoms with Crippen LogP contribution in [0.15, 0.2) is 65.6 Å². The van der Waals surface area contributed by atoms with E-state index >= 15 is 0 Å². The van der Waals surface area contributed by atoms with Crippen molar-refractivity contribution in [2.24, 2.45) is 0 Å². The van der Waals surface area contributed by atoms with Gasteiger partial charge in [0.25, 0.3) is 0 Å². The molecule has 3 aromatic rings. The van der Waals surface area contributed by atoms with Crippen molar-refractivity contribution in [2.75, 3.05) is 0 Å². The second kappa shape index (κ2) is 5.55. The van der Waals surface area contributed by atoms with Crippen LogP contribution in [0.1, 0.15) is 11.3 Å². The van der Waals surface area contributed by atoms with E-state index in [-0.39, 0.29) is 0 Å². The monoisotopic (exact) mass is 281 g/mol. The molecule has 0 radical (unpaired) electrons. The van der Waals surface area contributed by atoms with E-state index in [1.807, 2.05) is 67.6 Å². The molecule has 0 N–H and O–H groups in total. The number of para-hydroxylation sites is 1. The molecule has 0 saturated carbocycles. The molecule has 0 fully saturated rings. The van der Waals surface area contributed by atoms with Gasteiger partial charge >= 0.3 is 0 Å². The van der Waals surface area contributed by atoms with Gasteiger partial charge in [0.2, 0.25) is 0 Å². The zero-order valence-electron chi connectivity index (χ0n) is 11.2. The lowest BCUT2D eigenvalue weighted by atomic mass is 10.2. The van der Waals surface area contributed by atoms with Crippen LogP contribution in [0.25, 0.3) is 10.9 Å². The predicted octanol–water partition coefficient (Wildman–Crippen LogP) is 3.85. The number of aryl methyl sites for hydroxylation is 1. The molecular weight excluding hydrogens is 266 g/mol. The molecular formula is C17H15NOS. The Balaban J connectivity index is 1.85. The standard InChI is InChI=1S/C17H15NOS/c1-13-6-10-16(11-7-13)20(19)12-15-9-8-14-4-2-3-5-17(14)18-15/h2-11H,12H2,1H3/t20-/m0/s1. The Kier molecular flexibility index (Phi) is 3.61. The quantitative estimate of drug-likeness (QED) is 0.730. The average molecular weight is 281 g/mol. The normalized spacial score (nSPS) is 12.4.